The molecule has 20 heavy (non-hydrogen) atoms. The Balaban J connectivity index is 1.55. The van der Waals surface area contributed by atoms with Gasteiger partial charge in [0.15, 0.2) is 0 Å². The topological polar surface area (TPSA) is 26.3 Å². The molecule has 1 aliphatic rings. The van der Waals surface area contributed by atoms with E-state index in [1.54, 1.807) is 12.1 Å². The van der Waals surface area contributed by atoms with Crippen LogP contribution in [-0.4, -0.2) is 5.97 Å². The third kappa shape index (κ3) is 2.97. The van der Waals surface area contributed by atoms with Crippen LogP contribution in [0.15, 0.2) is 66.2 Å². The van der Waals surface area contributed by atoms with Crippen molar-refractivity contribution in [1.82, 2.24) is 0 Å². The SMILES string of the molecule is O=C(Oc1ccccc1)C1CC(=Cc2ccccc2)C1. The molecule has 0 atom stereocenters. The Labute approximate surface area is 118 Å². The summed E-state index contributed by atoms with van der Waals surface area (Å²) in [7, 11) is 0. The summed E-state index contributed by atoms with van der Waals surface area (Å²) in [5, 5.41) is 0. The van der Waals surface area contributed by atoms with Gasteiger partial charge in [0.25, 0.3) is 0 Å². The molecule has 2 nitrogen and oxygen atoms in total. The number of carbonyl (C=O) groups excluding carboxylic acids is 1. The van der Waals surface area contributed by atoms with Crippen LogP contribution in [-0.2, 0) is 4.79 Å². The Morgan fingerprint density at radius 3 is 2.20 bits per heavy atom. The fourth-order valence-electron chi connectivity index (χ4n) is 2.33. The maximum absolute atomic E-state index is 11.9. The van der Waals surface area contributed by atoms with Crippen LogP contribution < -0.4 is 4.74 Å². The molecule has 0 N–H and O–H groups in total. The van der Waals surface area contributed by atoms with Crippen molar-refractivity contribution in [2.75, 3.05) is 0 Å². The van der Waals surface area contributed by atoms with E-state index in [1.807, 2.05) is 36.4 Å². The maximum atomic E-state index is 11.9. The molecule has 2 aromatic rings. The van der Waals surface area contributed by atoms with Gasteiger partial charge in [0.1, 0.15) is 5.75 Å². The first-order valence-electron chi connectivity index (χ1n) is 6.82. The van der Waals surface area contributed by atoms with Crippen molar-refractivity contribution in [3.8, 4) is 5.75 Å². The molecule has 0 heterocycles. The van der Waals surface area contributed by atoms with Gasteiger partial charge in [-0.3, -0.25) is 4.79 Å². The van der Waals surface area contributed by atoms with E-state index in [4.69, 9.17) is 4.74 Å². The van der Waals surface area contributed by atoms with Gasteiger partial charge in [0.05, 0.1) is 5.92 Å². The van der Waals surface area contributed by atoms with Crippen LogP contribution in [0.3, 0.4) is 0 Å². The number of hydrogen-bond acceptors (Lipinski definition) is 2. The molecular weight excluding hydrogens is 248 g/mol. The molecule has 1 saturated carbocycles. The number of allylic oxidation sites excluding steroid dienone is 1. The minimum absolute atomic E-state index is 0.00479. The molecule has 0 amide bonds. The lowest BCUT2D eigenvalue weighted by molar-refractivity contribution is -0.140. The number of benzene rings is 2. The zero-order chi connectivity index (χ0) is 13.8. The maximum Gasteiger partial charge on any atom is 0.314 e. The molecule has 0 aliphatic heterocycles. The summed E-state index contributed by atoms with van der Waals surface area (Å²) in [6.07, 6.45) is 3.77. The Bertz CT molecular complexity index is 606. The van der Waals surface area contributed by atoms with Crippen LogP contribution in [0.1, 0.15) is 18.4 Å². The Kier molecular flexibility index (Phi) is 3.64. The third-order valence-corrected chi connectivity index (χ3v) is 3.48. The number of carbonyl (C=O) groups is 1. The molecule has 0 aromatic heterocycles. The minimum Gasteiger partial charge on any atom is -0.426 e. The Hall–Kier alpha value is -2.35. The molecule has 1 aliphatic carbocycles. The van der Waals surface area contributed by atoms with Crippen LogP contribution in [0.4, 0.5) is 0 Å². The normalized spacial score (nSPS) is 17.2. The van der Waals surface area contributed by atoms with Gasteiger partial charge in [-0.05, 0) is 30.5 Å². The minimum atomic E-state index is -0.124. The number of para-hydroxylation sites is 1. The number of esters is 1. The second kappa shape index (κ2) is 5.74. The van der Waals surface area contributed by atoms with Crippen LogP contribution in [0.5, 0.6) is 5.75 Å². The smallest absolute Gasteiger partial charge is 0.314 e. The zero-order valence-corrected chi connectivity index (χ0v) is 11.2. The van der Waals surface area contributed by atoms with Gasteiger partial charge >= 0.3 is 5.97 Å². The van der Waals surface area contributed by atoms with E-state index in [1.165, 1.54) is 11.1 Å². The van der Waals surface area contributed by atoms with Crippen molar-refractivity contribution in [3.63, 3.8) is 0 Å². The predicted octanol–water partition coefficient (Wildman–Crippen LogP) is 4.09. The molecule has 0 saturated heterocycles. The molecule has 0 unspecified atom stereocenters. The van der Waals surface area contributed by atoms with Gasteiger partial charge in [-0.15, -0.1) is 0 Å². The average Bonchev–Trinajstić information content (AvgIpc) is 2.44. The molecule has 1 fully saturated rings. The fraction of sp³-hybridized carbons (Fsp3) is 0.167. The fourth-order valence-corrected chi connectivity index (χ4v) is 2.33. The number of rotatable bonds is 3. The Morgan fingerprint density at radius 1 is 0.950 bits per heavy atom. The monoisotopic (exact) mass is 264 g/mol. The number of ether oxygens (including phenoxy) is 1. The van der Waals surface area contributed by atoms with Crippen LogP contribution in [0.2, 0.25) is 0 Å². The summed E-state index contributed by atoms with van der Waals surface area (Å²) in [6.45, 7) is 0. The highest BCUT2D eigenvalue weighted by Gasteiger charge is 2.31. The zero-order valence-electron chi connectivity index (χ0n) is 11.2. The molecule has 0 bridgehead atoms. The summed E-state index contributed by atoms with van der Waals surface area (Å²) in [5.41, 5.74) is 2.50. The first kappa shape index (κ1) is 12.7. The largest absolute Gasteiger partial charge is 0.426 e. The van der Waals surface area contributed by atoms with E-state index >= 15 is 0 Å². The quantitative estimate of drug-likeness (QED) is 0.616. The van der Waals surface area contributed by atoms with Gasteiger partial charge in [0.2, 0.25) is 0 Å². The predicted molar refractivity (Wildman–Crippen MR) is 79.2 cm³/mol. The summed E-state index contributed by atoms with van der Waals surface area (Å²) < 4.78 is 5.35. The van der Waals surface area contributed by atoms with Crippen molar-refractivity contribution in [1.29, 1.82) is 0 Å². The van der Waals surface area contributed by atoms with Crippen molar-refractivity contribution >= 4 is 12.0 Å². The molecular formula is C18H16O2. The first-order chi connectivity index (χ1) is 9.81. The van der Waals surface area contributed by atoms with E-state index in [0.717, 1.165) is 12.8 Å². The second-order valence-corrected chi connectivity index (χ2v) is 5.05. The first-order valence-corrected chi connectivity index (χ1v) is 6.82. The third-order valence-electron chi connectivity index (χ3n) is 3.48. The molecule has 2 aromatic carbocycles. The summed E-state index contributed by atoms with van der Waals surface area (Å²) in [5.74, 6) is 0.504. The van der Waals surface area contributed by atoms with Gasteiger partial charge < -0.3 is 4.74 Å². The van der Waals surface area contributed by atoms with E-state index < -0.39 is 0 Å². The van der Waals surface area contributed by atoms with Crippen LogP contribution >= 0.6 is 0 Å². The van der Waals surface area contributed by atoms with Crippen LogP contribution in [0.25, 0.3) is 6.08 Å². The molecule has 100 valence electrons. The summed E-state index contributed by atoms with van der Waals surface area (Å²) in [6, 6.07) is 19.4. The highest BCUT2D eigenvalue weighted by Crippen LogP contribution is 2.35. The van der Waals surface area contributed by atoms with Crippen molar-refractivity contribution in [2.45, 2.75) is 12.8 Å². The molecule has 0 spiro atoms. The lowest BCUT2D eigenvalue weighted by Crippen LogP contribution is -2.28. The molecule has 2 heteroatoms. The van der Waals surface area contributed by atoms with E-state index in [-0.39, 0.29) is 11.9 Å². The number of hydrogen-bond donors (Lipinski definition) is 0. The summed E-state index contributed by atoms with van der Waals surface area (Å²) >= 11 is 0. The van der Waals surface area contributed by atoms with E-state index in [2.05, 4.69) is 18.2 Å². The van der Waals surface area contributed by atoms with E-state index in [0.29, 0.717) is 5.75 Å². The van der Waals surface area contributed by atoms with Gasteiger partial charge in [0, 0.05) is 0 Å². The lowest BCUT2D eigenvalue weighted by atomic mass is 9.79. The highest BCUT2D eigenvalue weighted by molar-refractivity contribution is 5.78. The average molecular weight is 264 g/mol. The second-order valence-electron chi connectivity index (χ2n) is 5.05. The molecule has 0 radical (unpaired) electrons. The highest BCUT2D eigenvalue weighted by atomic mass is 16.5. The Morgan fingerprint density at radius 2 is 1.55 bits per heavy atom. The lowest BCUT2D eigenvalue weighted by Gasteiger charge is -2.27. The van der Waals surface area contributed by atoms with Crippen molar-refractivity contribution in [3.05, 3.63) is 71.8 Å². The van der Waals surface area contributed by atoms with Crippen molar-refractivity contribution in [2.24, 2.45) is 5.92 Å². The van der Waals surface area contributed by atoms with Crippen molar-refractivity contribution < 1.29 is 9.53 Å². The van der Waals surface area contributed by atoms with E-state index in [9.17, 15) is 4.79 Å². The molecule has 3 rings (SSSR count). The summed E-state index contributed by atoms with van der Waals surface area (Å²) in [4.78, 5) is 11.9. The standard InChI is InChI=1S/C18H16O2/c19-18(20-17-9-5-2-6-10-17)16-12-15(13-16)11-14-7-3-1-4-8-14/h1-11,16H,12-13H2. The van der Waals surface area contributed by atoms with Gasteiger partial charge in [-0.1, -0.05) is 60.2 Å². The van der Waals surface area contributed by atoms with Gasteiger partial charge in [-0.25, -0.2) is 0 Å². The van der Waals surface area contributed by atoms with Gasteiger partial charge in [-0.2, -0.15) is 0 Å². The van der Waals surface area contributed by atoms with Crippen LogP contribution in [0, 0.1) is 5.92 Å².